The van der Waals surface area contributed by atoms with Crippen molar-refractivity contribution in [2.75, 3.05) is 0 Å². The monoisotopic (exact) mass is 114 g/mol. The molecule has 0 amide bonds. The topological polar surface area (TPSA) is 29.5 Å². The molecule has 0 heterocycles. The normalized spacial score (nSPS) is 9.75. The van der Waals surface area contributed by atoms with Crippen molar-refractivity contribution < 1.29 is 10.1 Å². The number of rotatable bonds is 3. The first-order chi connectivity index (χ1) is 3.81. The second-order valence-electron chi connectivity index (χ2n) is 1.37. The summed E-state index contributed by atoms with van der Waals surface area (Å²) in [7, 11) is 0. The zero-order valence-electron chi connectivity index (χ0n) is 4.92. The van der Waals surface area contributed by atoms with E-state index < -0.39 is 0 Å². The van der Waals surface area contributed by atoms with E-state index >= 15 is 0 Å². The van der Waals surface area contributed by atoms with Gasteiger partial charge in [0.1, 0.15) is 0 Å². The highest BCUT2D eigenvalue weighted by Gasteiger charge is 1.79. The minimum Gasteiger partial charge on any atom is -0.341 e. The van der Waals surface area contributed by atoms with Gasteiger partial charge in [0.2, 0.25) is 0 Å². The van der Waals surface area contributed by atoms with Crippen LogP contribution in [-0.4, -0.2) is 5.26 Å². The predicted octanol–water partition coefficient (Wildman–Crippen LogP) is 1.96. The Morgan fingerprint density at radius 3 is 2.88 bits per heavy atom. The molecule has 0 aromatic heterocycles. The number of hydrogen-bond acceptors (Lipinski definition) is 2. The maximum absolute atomic E-state index is 7.91. The maximum Gasteiger partial charge on any atom is 0.157 e. The Kier molecular flexibility index (Phi) is 3.98. The summed E-state index contributed by atoms with van der Waals surface area (Å²) in [6.07, 6.45) is 4.38. The average molecular weight is 114 g/mol. The summed E-state index contributed by atoms with van der Waals surface area (Å²) in [5.41, 5.74) is 0. The molecule has 46 valence electrons. The molecule has 0 saturated heterocycles. The van der Waals surface area contributed by atoms with Gasteiger partial charge in [0.25, 0.3) is 0 Å². The van der Waals surface area contributed by atoms with Gasteiger partial charge >= 0.3 is 0 Å². The minimum absolute atomic E-state index is 0.270. The summed E-state index contributed by atoms with van der Waals surface area (Å²) in [4.78, 5) is 3.77. The van der Waals surface area contributed by atoms with Crippen molar-refractivity contribution in [2.45, 2.75) is 13.3 Å². The molecule has 0 fully saturated rings. The van der Waals surface area contributed by atoms with Crippen molar-refractivity contribution in [1.82, 2.24) is 0 Å². The SMILES string of the molecule is C=C(/C=C/CC)OO. The molecule has 0 aromatic rings. The zero-order chi connectivity index (χ0) is 6.41. The molecule has 2 heteroatoms. The fraction of sp³-hybridized carbons (Fsp3) is 0.333. The van der Waals surface area contributed by atoms with Crippen LogP contribution in [0.5, 0.6) is 0 Å². The van der Waals surface area contributed by atoms with Gasteiger partial charge in [-0.25, -0.2) is 5.26 Å². The van der Waals surface area contributed by atoms with E-state index in [2.05, 4.69) is 11.5 Å². The lowest BCUT2D eigenvalue weighted by Gasteiger charge is -1.89. The molecule has 0 aliphatic rings. The van der Waals surface area contributed by atoms with Gasteiger partial charge in [0.15, 0.2) is 5.76 Å². The lowest BCUT2D eigenvalue weighted by molar-refractivity contribution is -0.197. The van der Waals surface area contributed by atoms with E-state index in [1.165, 1.54) is 0 Å². The summed E-state index contributed by atoms with van der Waals surface area (Å²) < 4.78 is 0. The van der Waals surface area contributed by atoms with E-state index in [1.54, 1.807) is 6.08 Å². The second kappa shape index (κ2) is 4.40. The van der Waals surface area contributed by atoms with Gasteiger partial charge in [-0.05, 0) is 12.5 Å². The van der Waals surface area contributed by atoms with E-state index in [0.29, 0.717) is 0 Å². The van der Waals surface area contributed by atoms with E-state index in [0.717, 1.165) is 6.42 Å². The van der Waals surface area contributed by atoms with E-state index in [4.69, 9.17) is 5.26 Å². The van der Waals surface area contributed by atoms with Crippen molar-refractivity contribution in [3.63, 3.8) is 0 Å². The van der Waals surface area contributed by atoms with Gasteiger partial charge in [-0.15, -0.1) is 0 Å². The van der Waals surface area contributed by atoms with Crippen LogP contribution in [0.25, 0.3) is 0 Å². The third-order valence-corrected chi connectivity index (χ3v) is 0.657. The molecule has 0 aromatic carbocycles. The Morgan fingerprint density at radius 1 is 1.88 bits per heavy atom. The molecule has 0 aliphatic heterocycles. The smallest absolute Gasteiger partial charge is 0.157 e. The summed E-state index contributed by atoms with van der Waals surface area (Å²) >= 11 is 0. The third kappa shape index (κ3) is 3.43. The van der Waals surface area contributed by atoms with Crippen LogP contribution in [-0.2, 0) is 4.89 Å². The average Bonchev–Trinajstić information content (AvgIpc) is 1.83. The molecule has 0 aliphatic carbocycles. The van der Waals surface area contributed by atoms with Crippen LogP contribution < -0.4 is 0 Å². The van der Waals surface area contributed by atoms with E-state index in [-0.39, 0.29) is 5.76 Å². The highest BCUT2D eigenvalue weighted by atomic mass is 17.1. The van der Waals surface area contributed by atoms with Crippen LogP contribution in [0.15, 0.2) is 24.5 Å². The summed E-state index contributed by atoms with van der Waals surface area (Å²) in [6, 6.07) is 0. The molecule has 0 radical (unpaired) electrons. The Balaban J connectivity index is 3.37. The Labute approximate surface area is 49.0 Å². The van der Waals surface area contributed by atoms with Gasteiger partial charge in [-0.3, -0.25) is 0 Å². The molecule has 0 atom stereocenters. The fourth-order valence-corrected chi connectivity index (χ4v) is 0.280. The Bertz CT molecular complexity index is 94.7. The summed E-state index contributed by atoms with van der Waals surface area (Å²) in [5, 5.41) is 7.91. The Morgan fingerprint density at radius 2 is 2.50 bits per heavy atom. The number of allylic oxidation sites excluding steroid dienone is 2. The van der Waals surface area contributed by atoms with Gasteiger partial charge in [0.05, 0.1) is 0 Å². The molecule has 2 nitrogen and oxygen atoms in total. The number of hydrogen-bond donors (Lipinski definition) is 1. The van der Waals surface area contributed by atoms with Crippen LogP contribution in [0.4, 0.5) is 0 Å². The molecule has 8 heavy (non-hydrogen) atoms. The molecule has 0 saturated carbocycles. The van der Waals surface area contributed by atoms with Crippen molar-refractivity contribution in [2.24, 2.45) is 0 Å². The first kappa shape index (κ1) is 7.24. The molecule has 0 bridgehead atoms. The fourth-order valence-electron chi connectivity index (χ4n) is 0.280. The molecule has 0 spiro atoms. The van der Waals surface area contributed by atoms with Crippen molar-refractivity contribution in [3.8, 4) is 0 Å². The van der Waals surface area contributed by atoms with Gasteiger partial charge < -0.3 is 4.89 Å². The van der Waals surface area contributed by atoms with Crippen molar-refractivity contribution in [1.29, 1.82) is 0 Å². The maximum atomic E-state index is 7.91. The minimum atomic E-state index is 0.270. The van der Waals surface area contributed by atoms with Gasteiger partial charge in [-0.1, -0.05) is 19.6 Å². The Hall–Kier alpha value is -0.760. The van der Waals surface area contributed by atoms with Crippen molar-refractivity contribution >= 4 is 0 Å². The summed E-state index contributed by atoms with van der Waals surface area (Å²) in [6.45, 7) is 5.34. The van der Waals surface area contributed by atoms with E-state index in [9.17, 15) is 0 Å². The van der Waals surface area contributed by atoms with Crippen LogP contribution in [0.2, 0.25) is 0 Å². The molecular formula is C6H10O2. The van der Waals surface area contributed by atoms with Gasteiger partial charge in [-0.2, -0.15) is 0 Å². The lowest BCUT2D eigenvalue weighted by atomic mass is 10.4. The standard InChI is InChI=1S/C6H10O2/c1-3-4-5-6(2)8-7/h4-5,7H,2-3H2,1H3/b5-4+. The first-order valence-electron chi connectivity index (χ1n) is 2.48. The van der Waals surface area contributed by atoms with Crippen LogP contribution in [0, 0.1) is 0 Å². The van der Waals surface area contributed by atoms with E-state index in [1.807, 2.05) is 13.0 Å². The summed E-state index contributed by atoms with van der Waals surface area (Å²) in [5.74, 6) is 0.270. The molecular weight excluding hydrogens is 104 g/mol. The molecule has 1 N–H and O–H groups in total. The third-order valence-electron chi connectivity index (χ3n) is 0.657. The zero-order valence-corrected chi connectivity index (χ0v) is 4.92. The quantitative estimate of drug-likeness (QED) is 0.263. The second-order valence-corrected chi connectivity index (χ2v) is 1.37. The lowest BCUT2D eigenvalue weighted by Crippen LogP contribution is -1.76. The highest BCUT2D eigenvalue weighted by Crippen LogP contribution is 1.92. The molecule has 0 unspecified atom stereocenters. The predicted molar refractivity (Wildman–Crippen MR) is 32.3 cm³/mol. The largest absolute Gasteiger partial charge is 0.341 e. The van der Waals surface area contributed by atoms with Crippen LogP contribution >= 0.6 is 0 Å². The van der Waals surface area contributed by atoms with Crippen molar-refractivity contribution in [3.05, 3.63) is 24.5 Å². The van der Waals surface area contributed by atoms with Crippen LogP contribution in [0.3, 0.4) is 0 Å². The highest BCUT2D eigenvalue weighted by molar-refractivity contribution is 5.05. The van der Waals surface area contributed by atoms with Crippen LogP contribution in [0.1, 0.15) is 13.3 Å². The van der Waals surface area contributed by atoms with Gasteiger partial charge in [0, 0.05) is 0 Å². The molecule has 0 rings (SSSR count). The first-order valence-corrected chi connectivity index (χ1v) is 2.48.